The highest BCUT2D eigenvalue weighted by Crippen LogP contribution is 2.25. The van der Waals surface area contributed by atoms with Gasteiger partial charge in [0.2, 0.25) is 5.91 Å². The molecule has 3 aromatic rings. The molecule has 1 N–H and O–H groups in total. The van der Waals surface area contributed by atoms with Crippen LogP contribution in [0.25, 0.3) is 0 Å². The number of carbonyl (C=O) groups excluding carboxylic acids is 1. The fourth-order valence-corrected chi connectivity index (χ4v) is 3.96. The van der Waals surface area contributed by atoms with Crippen molar-refractivity contribution in [3.8, 4) is 0 Å². The average Bonchev–Trinajstić information content (AvgIpc) is 3.31. The summed E-state index contributed by atoms with van der Waals surface area (Å²) < 4.78 is 2.47. The molecule has 1 amide bonds. The fourth-order valence-electron chi connectivity index (χ4n) is 3.16. The Balaban J connectivity index is 1.98. The molecule has 31 heavy (non-hydrogen) atoms. The lowest BCUT2D eigenvalue weighted by atomic mass is 10.1. The second kappa shape index (κ2) is 9.86. The Morgan fingerprint density at radius 3 is 2.00 bits per heavy atom. The normalized spacial score (nSPS) is 11.6. The van der Waals surface area contributed by atoms with Gasteiger partial charge in [-0.2, -0.15) is 0 Å². The Bertz CT molecular complexity index is 1210. The third kappa shape index (κ3) is 4.72. The maximum absolute atomic E-state index is 12.9. The smallest absolute Gasteiger partial charge is 0.337 e. The van der Waals surface area contributed by atoms with Crippen LogP contribution in [0.4, 0.5) is 0 Å². The summed E-state index contributed by atoms with van der Waals surface area (Å²) in [5.74, 6) is -0.532. The molecule has 8 nitrogen and oxygen atoms in total. The molecule has 1 unspecified atom stereocenters. The molecule has 1 atom stereocenters. The summed E-state index contributed by atoms with van der Waals surface area (Å²) in [6.45, 7) is 6.37. The number of nitrogens with one attached hydrogen (secondary N) is 1. The van der Waals surface area contributed by atoms with E-state index in [4.69, 9.17) is 0 Å². The van der Waals surface area contributed by atoms with E-state index in [0.29, 0.717) is 0 Å². The first-order valence-electron chi connectivity index (χ1n) is 9.52. The van der Waals surface area contributed by atoms with E-state index in [0.717, 1.165) is 24.1 Å². The standard InChI is InChI=1S/C22H22N4O4S/c1-3-12-24-20(28)25(13-4-2)22(30)26(21(24)29)15-18(27)23-19(17-11-8-14-31-17)16-9-6-5-7-10-16/h3-11,14,19H,1-2,12-13,15H2,(H,23,27). The number of amides is 1. The van der Waals surface area contributed by atoms with Crippen LogP contribution in [0.2, 0.25) is 0 Å². The Kier molecular flexibility index (Phi) is 6.99. The topological polar surface area (TPSA) is 95.1 Å². The number of thiophene rings is 1. The molecular weight excluding hydrogens is 416 g/mol. The minimum Gasteiger partial charge on any atom is -0.343 e. The number of benzene rings is 1. The van der Waals surface area contributed by atoms with Gasteiger partial charge in [-0.25, -0.2) is 28.1 Å². The van der Waals surface area contributed by atoms with Crippen LogP contribution in [-0.2, 0) is 24.4 Å². The highest BCUT2D eigenvalue weighted by molar-refractivity contribution is 7.10. The predicted molar refractivity (Wildman–Crippen MR) is 120 cm³/mol. The summed E-state index contributed by atoms with van der Waals surface area (Å²) in [7, 11) is 0. The lowest BCUT2D eigenvalue weighted by Gasteiger charge is -2.19. The molecule has 0 aliphatic rings. The number of hydrogen-bond donors (Lipinski definition) is 1. The second-order valence-electron chi connectivity index (χ2n) is 6.66. The number of nitrogens with zero attached hydrogens (tertiary/aromatic N) is 3. The van der Waals surface area contributed by atoms with E-state index >= 15 is 0 Å². The van der Waals surface area contributed by atoms with Crippen molar-refractivity contribution in [2.75, 3.05) is 0 Å². The zero-order chi connectivity index (χ0) is 22.4. The Hall–Kier alpha value is -3.72. The summed E-state index contributed by atoms with van der Waals surface area (Å²) in [6, 6.07) is 12.7. The molecule has 0 saturated carbocycles. The van der Waals surface area contributed by atoms with Gasteiger partial charge in [0.1, 0.15) is 6.54 Å². The molecular formula is C22H22N4O4S. The van der Waals surface area contributed by atoms with Gasteiger partial charge in [0.05, 0.1) is 19.1 Å². The molecule has 9 heteroatoms. The molecule has 0 spiro atoms. The van der Waals surface area contributed by atoms with Crippen molar-refractivity contribution in [2.45, 2.75) is 25.7 Å². The van der Waals surface area contributed by atoms with Gasteiger partial charge in [-0.1, -0.05) is 48.6 Å². The van der Waals surface area contributed by atoms with E-state index in [2.05, 4.69) is 18.5 Å². The predicted octanol–water partition coefficient (Wildman–Crippen LogP) is 1.51. The summed E-state index contributed by atoms with van der Waals surface area (Å²) in [5.41, 5.74) is -1.63. The number of allylic oxidation sites excluding steroid dienone is 2. The number of rotatable bonds is 9. The van der Waals surface area contributed by atoms with Crippen molar-refractivity contribution < 1.29 is 4.79 Å². The van der Waals surface area contributed by atoms with Crippen LogP contribution in [0.3, 0.4) is 0 Å². The third-order valence-corrected chi connectivity index (χ3v) is 5.51. The zero-order valence-electron chi connectivity index (χ0n) is 16.8. The highest BCUT2D eigenvalue weighted by atomic mass is 32.1. The van der Waals surface area contributed by atoms with Crippen LogP contribution >= 0.6 is 11.3 Å². The summed E-state index contributed by atoms with van der Waals surface area (Å²) in [5, 5.41) is 4.80. The zero-order valence-corrected chi connectivity index (χ0v) is 17.6. The van der Waals surface area contributed by atoms with Crippen LogP contribution in [-0.4, -0.2) is 19.6 Å². The van der Waals surface area contributed by atoms with Gasteiger partial charge in [0.15, 0.2) is 0 Å². The summed E-state index contributed by atoms with van der Waals surface area (Å²) in [6.07, 6.45) is 2.75. The van der Waals surface area contributed by atoms with E-state index < -0.39 is 35.6 Å². The van der Waals surface area contributed by atoms with E-state index in [1.165, 1.54) is 23.5 Å². The molecule has 0 bridgehead atoms. The molecule has 0 aliphatic heterocycles. The number of hydrogen-bond acceptors (Lipinski definition) is 5. The molecule has 2 heterocycles. The van der Waals surface area contributed by atoms with E-state index in [-0.39, 0.29) is 13.1 Å². The van der Waals surface area contributed by atoms with Crippen molar-refractivity contribution in [1.29, 1.82) is 0 Å². The number of aromatic nitrogens is 3. The van der Waals surface area contributed by atoms with E-state index in [1.807, 2.05) is 47.8 Å². The first-order valence-corrected chi connectivity index (χ1v) is 10.4. The fraction of sp³-hybridized carbons (Fsp3) is 0.182. The summed E-state index contributed by atoms with van der Waals surface area (Å²) in [4.78, 5) is 51.7. The van der Waals surface area contributed by atoms with Crippen molar-refractivity contribution in [1.82, 2.24) is 19.0 Å². The first-order chi connectivity index (χ1) is 15.0. The molecule has 160 valence electrons. The van der Waals surface area contributed by atoms with Crippen molar-refractivity contribution >= 4 is 17.2 Å². The minimum absolute atomic E-state index is 0.0848. The van der Waals surface area contributed by atoms with Gasteiger partial charge < -0.3 is 5.32 Å². The molecule has 3 rings (SSSR count). The lowest BCUT2D eigenvalue weighted by Crippen LogP contribution is -2.55. The maximum atomic E-state index is 12.9. The molecule has 0 fully saturated rings. The molecule has 0 radical (unpaired) electrons. The third-order valence-electron chi connectivity index (χ3n) is 4.58. The van der Waals surface area contributed by atoms with Gasteiger partial charge >= 0.3 is 17.1 Å². The van der Waals surface area contributed by atoms with Crippen LogP contribution in [0.5, 0.6) is 0 Å². The quantitative estimate of drug-likeness (QED) is 0.513. The second-order valence-corrected chi connectivity index (χ2v) is 7.64. The van der Waals surface area contributed by atoms with Crippen molar-refractivity contribution in [2.24, 2.45) is 0 Å². The molecule has 2 aromatic heterocycles. The molecule has 1 aromatic carbocycles. The van der Waals surface area contributed by atoms with Gasteiger partial charge in [-0.05, 0) is 17.0 Å². The van der Waals surface area contributed by atoms with Crippen LogP contribution in [0, 0.1) is 0 Å². The van der Waals surface area contributed by atoms with Crippen LogP contribution < -0.4 is 22.4 Å². The average molecular weight is 439 g/mol. The molecule has 0 saturated heterocycles. The largest absolute Gasteiger partial charge is 0.343 e. The Labute approximate surface area is 182 Å². The van der Waals surface area contributed by atoms with Gasteiger partial charge in [0.25, 0.3) is 0 Å². The van der Waals surface area contributed by atoms with Crippen LogP contribution in [0.1, 0.15) is 16.5 Å². The first kappa shape index (κ1) is 22.0. The van der Waals surface area contributed by atoms with Gasteiger partial charge in [-0.3, -0.25) is 4.79 Å². The van der Waals surface area contributed by atoms with E-state index in [1.54, 1.807) is 0 Å². The lowest BCUT2D eigenvalue weighted by molar-refractivity contribution is -0.122. The maximum Gasteiger partial charge on any atom is 0.337 e. The summed E-state index contributed by atoms with van der Waals surface area (Å²) >= 11 is 1.48. The van der Waals surface area contributed by atoms with Crippen molar-refractivity contribution in [3.05, 3.63) is 115 Å². The van der Waals surface area contributed by atoms with Gasteiger partial charge in [0, 0.05) is 4.88 Å². The van der Waals surface area contributed by atoms with Crippen LogP contribution in [0.15, 0.2) is 87.5 Å². The SMILES string of the molecule is C=CCn1c(=O)n(CC=C)c(=O)n(CC(=O)NC(c2ccccc2)c2cccs2)c1=O. The highest BCUT2D eigenvalue weighted by Gasteiger charge is 2.21. The Morgan fingerprint density at radius 2 is 1.48 bits per heavy atom. The molecule has 0 aliphatic carbocycles. The number of carbonyl (C=O) groups is 1. The van der Waals surface area contributed by atoms with Gasteiger partial charge in [-0.15, -0.1) is 24.5 Å². The minimum atomic E-state index is -0.863. The van der Waals surface area contributed by atoms with E-state index in [9.17, 15) is 19.2 Å². The van der Waals surface area contributed by atoms with Crippen molar-refractivity contribution in [3.63, 3.8) is 0 Å². The Morgan fingerprint density at radius 1 is 0.903 bits per heavy atom. The monoisotopic (exact) mass is 438 g/mol.